The molecule has 0 aliphatic rings. The maximum atomic E-state index is 11.7. The first-order valence-corrected chi connectivity index (χ1v) is 12.9. The molecule has 4 aromatic carbocycles. The van der Waals surface area contributed by atoms with E-state index in [4.69, 9.17) is 29.7 Å². The highest BCUT2D eigenvalue weighted by atomic mass is 35.7. The van der Waals surface area contributed by atoms with Crippen molar-refractivity contribution in [2.24, 2.45) is 0 Å². The van der Waals surface area contributed by atoms with Crippen molar-refractivity contribution in [1.82, 2.24) is 0 Å². The van der Waals surface area contributed by atoms with Crippen LogP contribution in [0.4, 0.5) is 0 Å². The summed E-state index contributed by atoms with van der Waals surface area (Å²) in [7, 11) is 1.91. The predicted octanol–water partition coefficient (Wildman–Crippen LogP) is 5.38. The van der Waals surface area contributed by atoms with Gasteiger partial charge in [-0.1, -0.05) is 60.7 Å². The van der Waals surface area contributed by atoms with Crippen molar-refractivity contribution in [2.45, 2.75) is 0 Å². The minimum atomic E-state index is -4.39. The largest absolute Gasteiger partial charge is 0.401 e. The van der Waals surface area contributed by atoms with Crippen molar-refractivity contribution in [3.05, 3.63) is 72.8 Å². The second kappa shape index (κ2) is 7.63. The number of hydrogen-bond donors (Lipinski definition) is 0. The van der Waals surface area contributed by atoms with Crippen LogP contribution >= 0.6 is 21.4 Å². The Morgan fingerprint density at radius 2 is 0.900 bits per heavy atom. The Labute approximate surface area is 181 Å². The second-order valence-corrected chi connectivity index (χ2v) is 10.4. The Bertz CT molecular complexity index is 1380. The highest BCUT2D eigenvalue weighted by molar-refractivity contribution is 8.10. The van der Waals surface area contributed by atoms with Crippen molar-refractivity contribution in [3.63, 3.8) is 0 Å². The predicted molar refractivity (Wildman–Crippen MR) is 118 cm³/mol. The third kappa shape index (κ3) is 4.32. The van der Waals surface area contributed by atoms with Crippen LogP contribution in [0.25, 0.3) is 32.7 Å². The lowest BCUT2D eigenvalue weighted by Crippen LogP contribution is -2.04. The molecule has 0 amide bonds. The number of rotatable bonds is 5. The number of benzene rings is 4. The van der Waals surface area contributed by atoms with Crippen LogP contribution in [-0.4, -0.2) is 16.8 Å². The Balaban J connectivity index is 2.18. The van der Waals surface area contributed by atoms with E-state index in [0.717, 1.165) is 10.8 Å². The van der Waals surface area contributed by atoms with Gasteiger partial charge in [-0.05, 0) is 33.7 Å². The molecule has 0 atom stereocenters. The fraction of sp³-hybridized carbons (Fsp3) is 0. The molecule has 154 valence electrons. The smallest absolute Gasteiger partial charge is 0.370 e. The van der Waals surface area contributed by atoms with Crippen LogP contribution in [0.2, 0.25) is 0 Å². The van der Waals surface area contributed by atoms with Gasteiger partial charge in [-0.25, -0.2) is 0 Å². The lowest BCUT2D eigenvalue weighted by molar-refractivity contribution is 0.499. The highest BCUT2D eigenvalue weighted by Crippen LogP contribution is 2.46. The van der Waals surface area contributed by atoms with E-state index in [1.807, 2.05) is 24.3 Å². The van der Waals surface area contributed by atoms with Crippen molar-refractivity contribution in [3.8, 4) is 22.6 Å². The van der Waals surface area contributed by atoms with E-state index >= 15 is 0 Å². The van der Waals surface area contributed by atoms with E-state index in [2.05, 4.69) is 0 Å². The van der Waals surface area contributed by atoms with Crippen molar-refractivity contribution < 1.29 is 25.2 Å². The summed E-state index contributed by atoms with van der Waals surface area (Å²) in [6, 6.07) is 20.5. The van der Waals surface area contributed by atoms with E-state index in [0.29, 0.717) is 21.9 Å². The summed E-state index contributed by atoms with van der Waals surface area (Å²) in [6.45, 7) is 0. The SMILES string of the molecule is O=S(=O)(Cl)Oc1ccc2ccccc2c1-c1c(OS(=O)(=O)Cl)ccc2ccccc12. The molecule has 0 saturated carbocycles. The second-order valence-electron chi connectivity index (χ2n) is 6.27. The lowest BCUT2D eigenvalue weighted by Gasteiger charge is -2.17. The molecule has 0 aliphatic carbocycles. The number of halogens is 2. The minimum absolute atomic E-state index is 0.0862. The van der Waals surface area contributed by atoms with Gasteiger partial charge >= 0.3 is 18.7 Å². The molecule has 0 heterocycles. The van der Waals surface area contributed by atoms with Gasteiger partial charge in [-0.15, -0.1) is 0 Å². The van der Waals surface area contributed by atoms with Crippen LogP contribution < -0.4 is 8.37 Å². The fourth-order valence-electron chi connectivity index (χ4n) is 3.37. The van der Waals surface area contributed by atoms with Crippen molar-refractivity contribution >= 4 is 61.6 Å². The molecule has 6 nitrogen and oxygen atoms in total. The first kappa shape index (κ1) is 20.7. The third-order valence-electron chi connectivity index (χ3n) is 4.41. The maximum absolute atomic E-state index is 11.7. The van der Waals surface area contributed by atoms with Crippen molar-refractivity contribution in [1.29, 1.82) is 0 Å². The van der Waals surface area contributed by atoms with E-state index < -0.39 is 18.7 Å². The minimum Gasteiger partial charge on any atom is -0.370 e. The molecule has 0 unspecified atom stereocenters. The Kier molecular flexibility index (Phi) is 5.27. The summed E-state index contributed by atoms with van der Waals surface area (Å²) in [4.78, 5) is 0. The monoisotopic (exact) mass is 482 g/mol. The molecule has 4 aromatic rings. The summed E-state index contributed by atoms with van der Waals surface area (Å²) in [6.07, 6.45) is 0. The molecular weight excluding hydrogens is 471 g/mol. The molecule has 10 heteroatoms. The standard InChI is InChI=1S/C20H12Cl2O6S2/c21-29(23,24)27-17-11-9-13-5-1-3-7-15(13)19(17)20-16-8-4-2-6-14(16)10-12-18(20)28-30(22,25)26/h1-12H. The number of hydrogen-bond acceptors (Lipinski definition) is 6. The lowest BCUT2D eigenvalue weighted by atomic mass is 9.92. The molecule has 0 aromatic heterocycles. The molecule has 0 spiro atoms. The van der Waals surface area contributed by atoms with Crippen molar-refractivity contribution in [2.75, 3.05) is 0 Å². The molecule has 0 N–H and O–H groups in total. The quantitative estimate of drug-likeness (QED) is 0.354. The van der Waals surface area contributed by atoms with Gasteiger partial charge in [0.25, 0.3) is 0 Å². The Hall–Kier alpha value is -2.52. The van der Waals surface area contributed by atoms with Crippen LogP contribution in [0.1, 0.15) is 0 Å². The summed E-state index contributed by atoms with van der Waals surface area (Å²) in [5.74, 6) is -0.172. The zero-order chi connectivity index (χ0) is 21.5. The van der Waals surface area contributed by atoms with Crippen LogP contribution in [0.5, 0.6) is 11.5 Å². The summed E-state index contributed by atoms with van der Waals surface area (Å²) in [5.41, 5.74) is 0.592. The average Bonchev–Trinajstić information content (AvgIpc) is 2.66. The molecule has 0 fully saturated rings. The van der Waals surface area contributed by atoms with E-state index in [1.165, 1.54) is 12.1 Å². The van der Waals surface area contributed by atoms with Gasteiger partial charge in [-0.3, -0.25) is 0 Å². The van der Waals surface area contributed by atoms with Gasteiger partial charge < -0.3 is 8.37 Å². The topological polar surface area (TPSA) is 86.7 Å². The van der Waals surface area contributed by atoms with Crippen LogP contribution in [0, 0.1) is 0 Å². The van der Waals surface area contributed by atoms with E-state index in [9.17, 15) is 16.8 Å². The van der Waals surface area contributed by atoms with E-state index in [-0.39, 0.29) is 11.5 Å². The molecule has 0 bridgehead atoms. The van der Waals surface area contributed by atoms with Gasteiger partial charge in [0, 0.05) is 11.1 Å². The molecule has 0 radical (unpaired) electrons. The van der Waals surface area contributed by atoms with E-state index in [1.54, 1.807) is 36.4 Å². The molecule has 0 saturated heterocycles. The molecule has 30 heavy (non-hydrogen) atoms. The van der Waals surface area contributed by atoms with Crippen LogP contribution in [-0.2, 0) is 18.7 Å². The third-order valence-corrected chi connectivity index (χ3v) is 5.55. The normalized spacial score (nSPS) is 12.2. The zero-order valence-corrected chi connectivity index (χ0v) is 18.1. The van der Waals surface area contributed by atoms with Crippen LogP contribution in [0.3, 0.4) is 0 Å². The first-order chi connectivity index (χ1) is 14.1. The summed E-state index contributed by atoms with van der Waals surface area (Å²) >= 11 is 0. The fourth-order valence-corrected chi connectivity index (χ4v) is 4.49. The molecular formula is C20H12Cl2O6S2. The average molecular weight is 483 g/mol. The summed E-state index contributed by atoms with van der Waals surface area (Å²) < 4.78 is 56.8. The molecule has 0 aliphatic heterocycles. The molecule has 4 rings (SSSR count). The number of fused-ring (bicyclic) bond motifs is 2. The van der Waals surface area contributed by atoms with Gasteiger partial charge in [0.15, 0.2) is 11.5 Å². The van der Waals surface area contributed by atoms with Gasteiger partial charge in [0.05, 0.1) is 21.4 Å². The van der Waals surface area contributed by atoms with Gasteiger partial charge in [0.1, 0.15) is 0 Å². The van der Waals surface area contributed by atoms with Gasteiger partial charge in [-0.2, -0.15) is 16.8 Å². The summed E-state index contributed by atoms with van der Waals surface area (Å²) in [5, 5.41) is 2.73. The maximum Gasteiger partial charge on any atom is 0.401 e. The van der Waals surface area contributed by atoms with Crippen LogP contribution in [0.15, 0.2) is 72.8 Å². The Morgan fingerprint density at radius 3 is 1.27 bits per heavy atom. The highest BCUT2D eigenvalue weighted by Gasteiger charge is 2.23. The Morgan fingerprint density at radius 1 is 0.533 bits per heavy atom. The van der Waals surface area contributed by atoms with Gasteiger partial charge in [0.2, 0.25) is 0 Å². The zero-order valence-electron chi connectivity index (χ0n) is 15.0. The first-order valence-electron chi connectivity index (χ1n) is 8.44.